The molecule has 5 heteroatoms. The molecular formula is C9H17N3OS. The van der Waals surface area contributed by atoms with Crippen molar-refractivity contribution in [3.05, 3.63) is 5.82 Å². The Morgan fingerprint density at radius 2 is 2.29 bits per heavy atom. The summed E-state index contributed by atoms with van der Waals surface area (Å²) in [6.45, 7) is 7.25. The van der Waals surface area contributed by atoms with Crippen LogP contribution in [0.15, 0.2) is 4.52 Å². The maximum absolute atomic E-state index is 5.03. The molecule has 0 spiro atoms. The molecule has 1 rings (SSSR count). The summed E-state index contributed by atoms with van der Waals surface area (Å²) in [5, 5.41) is 6.95. The summed E-state index contributed by atoms with van der Waals surface area (Å²) in [6.07, 6.45) is 0. The fraction of sp³-hybridized carbons (Fsp3) is 0.778. The molecule has 0 aromatic carbocycles. The standard InChI is InChI=1S/C9H17N3OS/c1-4-14-6-8-11-9(13-12-8)10-5-7(2)3/h7H,4-6H2,1-3H3,(H,10,11,12). The van der Waals surface area contributed by atoms with Gasteiger partial charge in [0.2, 0.25) is 0 Å². The van der Waals surface area contributed by atoms with E-state index in [9.17, 15) is 0 Å². The zero-order valence-electron chi connectivity index (χ0n) is 8.91. The Labute approximate surface area is 88.8 Å². The first-order chi connectivity index (χ1) is 6.72. The average molecular weight is 215 g/mol. The van der Waals surface area contributed by atoms with Crippen LogP contribution in [0.25, 0.3) is 0 Å². The third-order valence-electron chi connectivity index (χ3n) is 1.56. The number of hydrogen-bond donors (Lipinski definition) is 1. The lowest BCUT2D eigenvalue weighted by Crippen LogP contribution is -2.07. The average Bonchev–Trinajstić information content (AvgIpc) is 2.59. The van der Waals surface area contributed by atoms with Crippen molar-refractivity contribution >= 4 is 17.8 Å². The Kier molecular flexibility index (Phi) is 4.79. The number of hydrogen-bond acceptors (Lipinski definition) is 5. The Morgan fingerprint density at radius 1 is 1.50 bits per heavy atom. The second kappa shape index (κ2) is 5.90. The summed E-state index contributed by atoms with van der Waals surface area (Å²) in [6, 6.07) is 0.533. The molecule has 4 nitrogen and oxygen atoms in total. The molecule has 0 aliphatic heterocycles. The van der Waals surface area contributed by atoms with E-state index in [4.69, 9.17) is 4.52 Å². The number of anilines is 1. The molecule has 0 unspecified atom stereocenters. The monoisotopic (exact) mass is 215 g/mol. The molecule has 0 saturated carbocycles. The Balaban J connectivity index is 2.35. The van der Waals surface area contributed by atoms with E-state index < -0.39 is 0 Å². The first-order valence-electron chi connectivity index (χ1n) is 4.86. The topological polar surface area (TPSA) is 51.0 Å². The number of aromatic nitrogens is 2. The van der Waals surface area contributed by atoms with E-state index in [1.165, 1.54) is 0 Å². The van der Waals surface area contributed by atoms with Crippen LogP contribution in [0.3, 0.4) is 0 Å². The lowest BCUT2D eigenvalue weighted by atomic mass is 10.2. The van der Waals surface area contributed by atoms with Crippen LogP contribution in [0.5, 0.6) is 0 Å². The van der Waals surface area contributed by atoms with Crippen molar-refractivity contribution in [2.45, 2.75) is 26.5 Å². The molecule has 1 heterocycles. The van der Waals surface area contributed by atoms with Gasteiger partial charge in [0.15, 0.2) is 5.82 Å². The molecule has 0 saturated heterocycles. The lowest BCUT2D eigenvalue weighted by Gasteiger charge is -2.02. The molecule has 0 aliphatic rings. The number of nitrogens with zero attached hydrogens (tertiary/aromatic N) is 2. The van der Waals surface area contributed by atoms with Gasteiger partial charge in [0.05, 0.1) is 5.75 Å². The SMILES string of the molecule is CCSCc1noc(NCC(C)C)n1. The Bertz CT molecular complexity index is 262. The summed E-state index contributed by atoms with van der Waals surface area (Å²) in [5.74, 6) is 3.24. The highest BCUT2D eigenvalue weighted by molar-refractivity contribution is 7.98. The molecule has 1 N–H and O–H groups in total. The molecule has 0 radical (unpaired) electrons. The summed E-state index contributed by atoms with van der Waals surface area (Å²) in [5.41, 5.74) is 0. The predicted molar refractivity (Wildman–Crippen MR) is 59.5 cm³/mol. The van der Waals surface area contributed by atoms with Gasteiger partial charge < -0.3 is 9.84 Å². The molecule has 0 fully saturated rings. The van der Waals surface area contributed by atoms with Gasteiger partial charge in [-0.05, 0) is 11.7 Å². The van der Waals surface area contributed by atoms with Crippen LogP contribution in [0, 0.1) is 5.92 Å². The minimum atomic E-state index is 0.533. The van der Waals surface area contributed by atoms with Crippen LogP contribution in [-0.2, 0) is 5.75 Å². The van der Waals surface area contributed by atoms with Gasteiger partial charge in [-0.15, -0.1) is 0 Å². The summed E-state index contributed by atoms with van der Waals surface area (Å²) >= 11 is 1.79. The van der Waals surface area contributed by atoms with E-state index in [1.807, 2.05) is 0 Å². The number of rotatable bonds is 6. The highest BCUT2D eigenvalue weighted by Gasteiger charge is 2.05. The quantitative estimate of drug-likeness (QED) is 0.789. The highest BCUT2D eigenvalue weighted by atomic mass is 32.2. The smallest absolute Gasteiger partial charge is 0.321 e. The molecule has 0 bridgehead atoms. The molecule has 80 valence electrons. The molecule has 1 aromatic heterocycles. The normalized spacial score (nSPS) is 10.9. The van der Waals surface area contributed by atoms with Crippen LogP contribution in [0.4, 0.5) is 6.01 Å². The van der Waals surface area contributed by atoms with Gasteiger partial charge in [-0.2, -0.15) is 16.7 Å². The first-order valence-corrected chi connectivity index (χ1v) is 6.02. The largest absolute Gasteiger partial charge is 0.337 e. The van der Waals surface area contributed by atoms with Crippen LogP contribution in [0.1, 0.15) is 26.6 Å². The third kappa shape index (κ3) is 4.00. The van der Waals surface area contributed by atoms with E-state index in [0.29, 0.717) is 11.9 Å². The van der Waals surface area contributed by atoms with Gasteiger partial charge >= 0.3 is 6.01 Å². The number of nitrogens with one attached hydrogen (secondary N) is 1. The molecular weight excluding hydrogens is 198 g/mol. The maximum Gasteiger partial charge on any atom is 0.321 e. The molecule has 0 aliphatic carbocycles. The van der Waals surface area contributed by atoms with Crippen LogP contribution < -0.4 is 5.32 Å². The van der Waals surface area contributed by atoms with Crippen LogP contribution in [-0.4, -0.2) is 22.4 Å². The minimum absolute atomic E-state index is 0.533. The van der Waals surface area contributed by atoms with Crippen molar-refractivity contribution in [1.29, 1.82) is 0 Å². The van der Waals surface area contributed by atoms with Crippen LogP contribution in [0.2, 0.25) is 0 Å². The fourth-order valence-electron chi connectivity index (χ4n) is 0.869. The van der Waals surface area contributed by atoms with E-state index in [1.54, 1.807) is 11.8 Å². The van der Waals surface area contributed by atoms with Crippen LogP contribution >= 0.6 is 11.8 Å². The maximum atomic E-state index is 5.03. The second-order valence-electron chi connectivity index (χ2n) is 3.43. The van der Waals surface area contributed by atoms with Gasteiger partial charge in [-0.25, -0.2) is 0 Å². The fourth-order valence-corrected chi connectivity index (χ4v) is 1.37. The van der Waals surface area contributed by atoms with E-state index in [2.05, 4.69) is 36.2 Å². The van der Waals surface area contributed by atoms with Gasteiger partial charge in [-0.1, -0.05) is 25.9 Å². The summed E-state index contributed by atoms with van der Waals surface area (Å²) < 4.78 is 5.03. The number of thioether (sulfide) groups is 1. The summed E-state index contributed by atoms with van der Waals surface area (Å²) in [4.78, 5) is 4.21. The van der Waals surface area contributed by atoms with Crippen molar-refractivity contribution in [2.24, 2.45) is 5.92 Å². The van der Waals surface area contributed by atoms with E-state index >= 15 is 0 Å². The Morgan fingerprint density at radius 3 is 2.93 bits per heavy atom. The van der Waals surface area contributed by atoms with Gasteiger partial charge in [0.1, 0.15) is 0 Å². The molecule has 0 atom stereocenters. The van der Waals surface area contributed by atoms with Gasteiger partial charge in [-0.3, -0.25) is 0 Å². The zero-order chi connectivity index (χ0) is 10.4. The minimum Gasteiger partial charge on any atom is -0.337 e. The Hall–Kier alpha value is -0.710. The lowest BCUT2D eigenvalue weighted by molar-refractivity contribution is 0.423. The predicted octanol–water partition coefficient (Wildman–Crippen LogP) is 2.39. The first kappa shape index (κ1) is 11.4. The second-order valence-corrected chi connectivity index (χ2v) is 4.70. The van der Waals surface area contributed by atoms with Crippen molar-refractivity contribution < 1.29 is 4.52 Å². The summed E-state index contributed by atoms with van der Waals surface area (Å²) in [7, 11) is 0. The van der Waals surface area contributed by atoms with Gasteiger partial charge in [0, 0.05) is 6.54 Å². The van der Waals surface area contributed by atoms with Crippen molar-refractivity contribution in [2.75, 3.05) is 17.6 Å². The molecule has 14 heavy (non-hydrogen) atoms. The zero-order valence-corrected chi connectivity index (χ0v) is 9.73. The van der Waals surface area contributed by atoms with Crippen molar-refractivity contribution in [3.63, 3.8) is 0 Å². The van der Waals surface area contributed by atoms with E-state index in [0.717, 1.165) is 23.9 Å². The van der Waals surface area contributed by atoms with Crippen molar-refractivity contribution in [3.8, 4) is 0 Å². The van der Waals surface area contributed by atoms with Crippen molar-refractivity contribution in [1.82, 2.24) is 10.1 Å². The highest BCUT2D eigenvalue weighted by Crippen LogP contribution is 2.11. The third-order valence-corrected chi connectivity index (χ3v) is 2.44. The molecule has 1 aromatic rings. The van der Waals surface area contributed by atoms with E-state index in [-0.39, 0.29) is 0 Å². The van der Waals surface area contributed by atoms with Gasteiger partial charge in [0.25, 0.3) is 0 Å². The molecule has 0 amide bonds.